The number of hydrogen-bond donors (Lipinski definition) is 1. The van der Waals surface area contributed by atoms with Crippen LogP contribution in [0.5, 0.6) is 0 Å². The molecule has 1 atom stereocenters. The maximum atomic E-state index is 3.84. The zero-order valence-electron chi connectivity index (χ0n) is 20.1. The van der Waals surface area contributed by atoms with E-state index in [0.717, 1.165) is 23.7 Å². The Hall–Kier alpha value is -1.23. The highest BCUT2D eigenvalue weighted by Crippen LogP contribution is 2.61. The predicted octanol–water partition coefficient (Wildman–Crippen LogP) is 6.18. The third kappa shape index (κ3) is 3.63. The van der Waals surface area contributed by atoms with Gasteiger partial charge in [-0.15, -0.1) is 0 Å². The molecular formula is C29H39N3S. The quantitative estimate of drug-likeness (QED) is 0.517. The third-order valence-electron chi connectivity index (χ3n) is 10.1. The van der Waals surface area contributed by atoms with Crippen LogP contribution in [0, 0.1) is 29.1 Å². The van der Waals surface area contributed by atoms with E-state index < -0.39 is 0 Å². The number of anilines is 1. The Morgan fingerprint density at radius 1 is 0.970 bits per heavy atom. The average Bonchev–Trinajstić information content (AvgIpc) is 3.17. The molecule has 176 valence electrons. The number of likely N-dealkylation sites (N-methyl/N-ethyl adjacent to an activating group) is 1. The van der Waals surface area contributed by atoms with Crippen LogP contribution in [0.15, 0.2) is 41.3 Å². The second kappa shape index (κ2) is 8.17. The molecule has 33 heavy (non-hydrogen) atoms. The first-order chi connectivity index (χ1) is 16.2. The molecule has 2 aromatic carbocycles. The highest BCUT2D eigenvalue weighted by Gasteiger charge is 2.54. The van der Waals surface area contributed by atoms with Gasteiger partial charge in [0.15, 0.2) is 0 Å². The molecule has 4 aliphatic carbocycles. The fourth-order valence-corrected chi connectivity index (χ4v) is 10.1. The summed E-state index contributed by atoms with van der Waals surface area (Å²) >= 11 is 1.97. The molecule has 5 fully saturated rings. The maximum absolute atomic E-state index is 3.84. The topological polar surface area (TPSA) is 18.5 Å². The molecule has 6 aliphatic rings. The summed E-state index contributed by atoms with van der Waals surface area (Å²) in [6.45, 7) is 5.03. The number of hydrogen-bond acceptors (Lipinski definition) is 4. The lowest BCUT2D eigenvalue weighted by atomic mass is 9.47. The van der Waals surface area contributed by atoms with E-state index in [0.29, 0.717) is 11.5 Å². The van der Waals surface area contributed by atoms with Crippen molar-refractivity contribution in [3.8, 4) is 0 Å². The standard InChI is InChI=1S/C29H39N3S/c1-30-27(29-15-21-12-22(16-29)14-23(13-21)17-29)19-31-10-8-20(9-11-31)18-32-25-6-2-4-24-5-3-7-26(33-32)28(24)25/h2-7,20-23,27,30H,8-19H2,1H3. The molecule has 2 aliphatic heterocycles. The minimum atomic E-state index is 0.608. The van der Waals surface area contributed by atoms with Gasteiger partial charge in [0, 0.05) is 29.4 Å². The number of benzene rings is 2. The van der Waals surface area contributed by atoms with Crippen molar-refractivity contribution in [1.29, 1.82) is 0 Å². The van der Waals surface area contributed by atoms with Crippen molar-refractivity contribution in [2.24, 2.45) is 29.1 Å². The first-order valence-electron chi connectivity index (χ1n) is 13.6. The SMILES string of the molecule is CNC(CN1CCC(CN2Sc3cccc4cccc2c34)CC1)C12CC3CC(CC(C3)C1)C2. The Morgan fingerprint density at radius 3 is 2.30 bits per heavy atom. The van der Waals surface area contributed by atoms with Crippen LogP contribution in [-0.4, -0.2) is 44.2 Å². The van der Waals surface area contributed by atoms with Crippen LogP contribution >= 0.6 is 11.9 Å². The lowest BCUT2D eigenvalue weighted by Crippen LogP contribution is -2.59. The largest absolute Gasteiger partial charge is 0.315 e. The summed E-state index contributed by atoms with van der Waals surface area (Å²) < 4.78 is 2.59. The van der Waals surface area contributed by atoms with E-state index in [2.05, 4.69) is 58.0 Å². The van der Waals surface area contributed by atoms with E-state index in [4.69, 9.17) is 0 Å². The molecule has 4 heteroatoms. The van der Waals surface area contributed by atoms with Crippen molar-refractivity contribution in [2.45, 2.75) is 62.3 Å². The Kier molecular flexibility index (Phi) is 5.22. The number of nitrogens with one attached hydrogen (secondary N) is 1. The summed E-state index contributed by atoms with van der Waals surface area (Å²) in [6.07, 6.45) is 11.9. The highest BCUT2D eigenvalue weighted by atomic mass is 32.2. The zero-order chi connectivity index (χ0) is 22.0. The molecule has 8 rings (SSSR count). The van der Waals surface area contributed by atoms with Gasteiger partial charge in [0.25, 0.3) is 0 Å². The Balaban J connectivity index is 0.978. The molecular weight excluding hydrogens is 422 g/mol. The highest BCUT2D eigenvalue weighted by molar-refractivity contribution is 8.01. The molecule has 2 aromatic rings. The minimum absolute atomic E-state index is 0.608. The van der Waals surface area contributed by atoms with E-state index in [1.165, 1.54) is 79.6 Å². The van der Waals surface area contributed by atoms with Gasteiger partial charge in [-0.2, -0.15) is 0 Å². The van der Waals surface area contributed by atoms with Crippen molar-refractivity contribution in [2.75, 3.05) is 37.5 Å². The van der Waals surface area contributed by atoms with Gasteiger partial charge in [0.2, 0.25) is 0 Å². The average molecular weight is 462 g/mol. The summed E-state index contributed by atoms with van der Waals surface area (Å²) in [5.41, 5.74) is 2.05. The molecule has 0 amide bonds. The summed E-state index contributed by atoms with van der Waals surface area (Å²) in [6, 6.07) is 14.3. The summed E-state index contributed by atoms with van der Waals surface area (Å²) in [5, 5.41) is 6.70. The molecule has 0 radical (unpaired) electrons. The third-order valence-corrected chi connectivity index (χ3v) is 11.2. The van der Waals surface area contributed by atoms with Gasteiger partial charge in [0.1, 0.15) is 0 Å². The Labute approximate surface area is 203 Å². The van der Waals surface area contributed by atoms with E-state index in [9.17, 15) is 0 Å². The minimum Gasteiger partial charge on any atom is -0.315 e. The monoisotopic (exact) mass is 461 g/mol. The number of nitrogens with zero attached hydrogens (tertiary/aromatic N) is 2. The van der Waals surface area contributed by atoms with E-state index in [1.807, 2.05) is 11.9 Å². The van der Waals surface area contributed by atoms with Crippen LogP contribution in [0.4, 0.5) is 5.69 Å². The summed E-state index contributed by atoms with van der Waals surface area (Å²) in [4.78, 5) is 4.25. The molecule has 0 spiro atoms. The van der Waals surface area contributed by atoms with Crippen molar-refractivity contribution >= 4 is 28.4 Å². The zero-order valence-corrected chi connectivity index (χ0v) is 21.0. The van der Waals surface area contributed by atoms with Gasteiger partial charge in [-0.1, -0.05) is 24.3 Å². The molecule has 4 saturated carbocycles. The molecule has 1 unspecified atom stereocenters. The number of piperidine rings is 1. The van der Waals surface area contributed by atoms with Crippen LogP contribution in [0.1, 0.15) is 51.4 Å². The van der Waals surface area contributed by atoms with E-state index in [1.54, 1.807) is 19.3 Å². The fourth-order valence-electron chi connectivity index (χ4n) is 8.91. The molecule has 0 aromatic heterocycles. The second-order valence-electron chi connectivity index (χ2n) is 12.1. The van der Waals surface area contributed by atoms with Gasteiger partial charge < -0.3 is 14.5 Å². The van der Waals surface area contributed by atoms with E-state index >= 15 is 0 Å². The summed E-state index contributed by atoms with van der Waals surface area (Å²) in [5.74, 6) is 3.95. The smallest absolute Gasteiger partial charge is 0.0563 e. The van der Waals surface area contributed by atoms with Gasteiger partial charge in [-0.05, 0) is 130 Å². The van der Waals surface area contributed by atoms with Gasteiger partial charge in [-0.3, -0.25) is 0 Å². The molecule has 3 nitrogen and oxygen atoms in total. The predicted molar refractivity (Wildman–Crippen MR) is 140 cm³/mol. The lowest BCUT2D eigenvalue weighted by molar-refractivity contribution is -0.0785. The fraction of sp³-hybridized carbons (Fsp3) is 0.655. The Morgan fingerprint density at radius 2 is 1.64 bits per heavy atom. The molecule has 1 saturated heterocycles. The van der Waals surface area contributed by atoms with Crippen molar-refractivity contribution < 1.29 is 0 Å². The Bertz CT molecular complexity index is 986. The van der Waals surface area contributed by atoms with Crippen LogP contribution in [-0.2, 0) is 0 Å². The second-order valence-corrected chi connectivity index (χ2v) is 13.2. The van der Waals surface area contributed by atoms with Crippen LogP contribution in [0.25, 0.3) is 10.8 Å². The van der Waals surface area contributed by atoms with Crippen LogP contribution in [0.2, 0.25) is 0 Å². The maximum Gasteiger partial charge on any atom is 0.0563 e. The lowest BCUT2D eigenvalue weighted by Gasteiger charge is -2.60. The molecule has 1 N–H and O–H groups in total. The number of rotatable bonds is 6. The molecule has 2 heterocycles. The van der Waals surface area contributed by atoms with E-state index in [-0.39, 0.29) is 0 Å². The van der Waals surface area contributed by atoms with Gasteiger partial charge in [-0.25, -0.2) is 0 Å². The van der Waals surface area contributed by atoms with Gasteiger partial charge >= 0.3 is 0 Å². The normalized spacial score (nSPS) is 34.5. The van der Waals surface area contributed by atoms with Gasteiger partial charge in [0.05, 0.1) is 5.69 Å². The van der Waals surface area contributed by atoms with Crippen molar-refractivity contribution in [1.82, 2.24) is 10.2 Å². The van der Waals surface area contributed by atoms with Crippen molar-refractivity contribution in [3.63, 3.8) is 0 Å². The summed E-state index contributed by atoms with van der Waals surface area (Å²) in [7, 11) is 2.25. The molecule has 4 bridgehead atoms. The first kappa shape index (κ1) is 21.1. The van der Waals surface area contributed by atoms with Crippen LogP contribution in [0.3, 0.4) is 0 Å². The first-order valence-corrected chi connectivity index (χ1v) is 14.3. The van der Waals surface area contributed by atoms with Crippen molar-refractivity contribution in [3.05, 3.63) is 36.4 Å². The number of likely N-dealkylation sites (tertiary alicyclic amines) is 1. The van der Waals surface area contributed by atoms with Crippen LogP contribution < -0.4 is 9.62 Å².